The molecule has 1 aromatic heterocycles. The van der Waals surface area contributed by atoms with Gasteiger partial charge in [-0.25, -0.2) is 0 Å². The molecule has 1 aromatic carbocycles. The van der Waals surface area contributed by atoms with Crippen LogP contribution >= 0.6 is 0 Å². The molecule has 1 aliphatic rings. The third-order valence-electron chi connectivity index (χ3n) is 5.14. The van der Waals surface area contributed by atoms with Crippen molar-refractivity contribution >= 4 is 33.5 Å². The molecule has 1 amide bonds. The zero-order valence-electron chi connectivity index (χ0n) is 19.4. The van der Waals surface area contributed by atoms with Crippen LogP contribution in [0.2, 0.25) is 0 Å². The highest BCUT2D eigenvalue weighted by atomic mass is 32.2. The summed E-state index contributed by atoms with van der Waals surface area (Å²) in [6.45, 7) is 8.03. The molecule has 0 bridgehead atoms. The van der Waals surface area contributed by atoms with E-state index in [2.05, 4.69) is 33.3 Å². The van der Waals surface area contributed by atoms with Crippen molar-refractivity contribution in [2.24, 2.45) is 14.7 Å². The number of nitrogens with zero attached hydrogens (tertiary/aromatic N) is 3. The average molecular weight is 476 g/mol. The third kappa shape index (κ3) is 5.36. The molecule has 178 valence electrons. The number of rotatable bonds is 6. The number of carbonyl (C=O) groups excluding carboxylic acids is 1. The van der Waals surface area contributed by atoms with E-state index in [9.17, 15) is 18.3 Å². The number of hydrogen-bond acceptors (Lipinski definition) is 7. The van der Waals surface area contributed by atoms with Gasteiger partial charge in [0.25, 0.3) is 5.91 Å². The lowest BCUT2D eigenvalue weighted by Gasteiger charge is -2.22. The minimum atomic E-state index is -4.12. The molecule has 11 heteroatoms. The van der Waals surface area contributed by atoms with E-state index in [0.717, 1.165) is 5.56 Å². The molecule has 2 aromatic rings. The van der Waals surface area contributed by atoms with Crippen molar-refractivity contribution in [2.45, 2.75) is 39.7 Å². The van der Waals surface area contributed by atoms with Crippen molar-refractivity contribution in [3.05, 3.63) is 47.4 Å². The standard InChI is InChI=1S/C22H29N5O5S/c1-12(2)14-10-17(32-11-14)18(13(3)4)24-21-20(25-33(30,31)26-21)23-16-9-7-8-15(19(16)28)22(29)27(5)6/h7-13,18,28H,1-6H3,(H,23,25)(H,24,26)/t18-/m1/s1. The fourth-order valence-corrected chi connectivity index (χ4v) is 4.02. The lowest BCUT2D eigenvalue weighted by molar-refractivity contribution is 0.0824. The van der Waals surface area contributed by atoms with E-state index in [-0.39, 0.29) is 46.5 Å². The predicted octanol–water partition coefficient (Wildman–Crippen LogP) is 3.26. The van der Waals surface area contributed by atoms with E-state index in [4.69, 9.17) is 4.42 Å². The van der Waals surface area contributed by atoms with Crippen LogP contribution in [0.3, 0.4) is 0 Å². The van der Waals surface area contributed by atoms with Gasteiger partial charge in [-0.3, -0.25) is 4.79 Å². The summed E-state index contributed by atoms with van der Waals surface area (Å²) in [6, 6.07) is 6.10. The van der Waals surface area contributed by atoms with Gasteiger partial charge in [0.05, 0.1) is 23.6 Å². The molecule has 3 rings (SSSR count). The van der Waals surface area contributed by atoms with E-state index in [1.165, 1.54) is 17.0 Å². The summed E-state index contributed by atoms with van der Waals surface area (Å²) in [5, 5.41) is 16.5. The Morgan fingerprint density at radius 2 is 1.79 bits per heavy atom. The Labute approximate surface area is 193 Å². The number of amidine groups is 2. The summed E-state index contributed by atoms with van der Waals surface area (Å²) >= 11 is 0. The molecule has 0 saturated heterocycles. The van der Waals surface area contributed by atoms with Crippen molar-refractivity contribution in [3.63, 3.8) is 0 Å². The summed E-state index contributed by atoms with van der Waals surface area (Å²) in [7, 11) is -0.986. The molecule has 1 atom stereocenters. The normalized spacial score (nSPS) is 15.9. The van der Waals surface area contributed by atoms with Gasteiger partial charge in [-0.1, -0.05) is 33.8 Å². The molecule has 0 fully saturated rings. The Bertz CT molecular complexity index is 1210. The van der Waals surface area contributed by atoms with Gasteiger partial charge >= 0.3 is 10.2 Å². The molecule has 10 nitrogen and oxygen atoms in total. The van der Waals surface area contributed by atoms with E-state index in [0.29, 0.717) is 5.76 Å². The van der Waals surface area contributed by atoms with Crippen LogP contribution in [-0.2, 0) is 10.2 Å². The fraction of sp³-hybridized carbons (Fsp3) is 0.409. The third-order valence-corrected chi connectivity index (χ3v) is 5.96. The molecular formula is C22H29N5O5S. The second kappa shape index (κ2) is 9.26. The highest BCUT2D eigenvalue weighted by molar-refractivity contribution is 7.89. The number of nitrogens with one attached hydrogen (secondary N) is 2. The Balaban J connectivity index is 1.91. The van der Waals surface area contributed by atoms with Crippen LogP contribution in [0.1, 0.15) is 61.3 Å². The average Bonchev–Trinajstić information content (AvgIpc) is 3.31. The topological polar surface area (TPSA) is 137 Å². The molecule has 3 N–H and O–H groups in total. The Morgan fingerprint density at radius 1 is 1.12 bits per heavy atom. The molecule has 0 radical (unpaired) electrons. The first-order valence-corrected chi connectivity index (χ1v) is 11.9. The van der Waals surface area contributed by atoms with Crippen LogP contribution in [0, 0.1) is 5.92 Å². The van der Waals surface area contributed by atoms with Gasteiger partial charge in [-0.15, -0.1) is 8.80 Å². The van der Waals surface area contributed by atoms with Gasteiger partial charge in [0, 0.05) is 14.1 Å². The maximum Gasteiger partial charge on any atom is 0.367 e. The van der Waals surface area contributed by atoms with E-state index in [1.54, 1.807) is 26.4 Å². The Morgan fingerprint density at radius 3 is 2.36 bits per heavy atom. The minimum Gasteiger partial charge on any atom is -0.505 e. The molecule has 0 aliphatic carbocycles. The van der Waals surface area contributed by atoms with Crippen molar-refractivity contribution < 1.29 is 22.7 Å². The van der Waals surface area contributed by atoms with Gasteiger partial charge < -0.3 is 25.1 Å². The lowest BCUT2D eigenvalue weighted by Crippen LogP contribution is -2.38. The van der Waals surface area contributed by atoms with Crippen LogP contribution < -0.4 is 10.6 Å². The predicted molar refractivity (Wildman–Crippen MR) is 127 cm³/mol. The molecule has 33 heavy (non-hydrogen) atoms. The van der Waals surface area contributed by atoms with Crippen LogP contribution in [0.15, 0.2) is 43.7 Å². The first-order valence-electron chi connectivity index (χ1n) is 10.5. The maximum absolute atomic E-state index is 12.3. The molecular weight excluding hydrogens is 446 g/mol. The number of furan rings is 1. The lowest BCUT2D eigenvalue weighted by atomic mass is 9.99. The Kier molecular flexibility index (Phi) is 6.82. The van der Waals surface area contributed by atoms with Crippen LogP contribution in [0.25, 0.3) is 0 Å². The van der Waals surface area contributed by atoms with Crippen molar-refractivity contribution in [1.29, 1.82) is 0 Å². The van der Waals surface area contributed by atoms with Gasteiger partial charge in [-0.05, 0) is 35.6 Å². The summed E-state index contributed by atoms with van der Waals surface area (Å²) in [4.78, 5) is 13.6. The summed E-state index contributed by atoms with van der Waals surface area (Å²) in [5.41, 5.74) is 1.21. The molecule has 1 aliphatic heterocycles. The number of para-hydroxylation sites is 1. The number of aromatic hydroxyl groups is 1. The zero-order valence-corrected chi connectivity index (χ0v) is 20.3. The summed E-state index contributed by atoms with van der Waals surface area (Å²) in [5.74, 6) is 0.108. The number of benzene rings is 1. The highest BCUT2D eigenvalue weighted by Gasteiger charge is 2.30. The number of carbonyl (C=O) groups is 1. The van der Waals surface area contributed by atoms with Gasteiger partial charge in [0.15, 0.2) is 17.4 Å². The quantitative estimate of drug-likeness (QED) is 0.545. The summed E-state index contributed by atoms with van der Waals surface area (Å²) < 4.78 is 37.5. The van der Waals surface area contributed by atoms with Crippen molar-refractivity contribution in [2.75, 3.05) is 19.4 Å². The second-order valence-electron chi connectivity index (χ2n) is 8.66. The van der Waals surface area contributed by atoms with Crippen LogP contribution in [0.5, 0.6) is 5.75 Å². The van der Waals surface area contributed by atoms with Gasteiger partial charge in [0.2, 0.25) is 0 Å². The van der Waals surface area contributed by atoms with Crippen molar-refractivity contribution in [1.82, 2.24) is 10.2 Å². The fourth-order valence-electron chi connectivity index (χ4n) is 3.25. The van der Waals surface area contributed by atoms with Gasteiger partial charge in [-0.2, -0.15) is 8.42 Å². The second-order valence-corrected chi connectivity index (χ2v) is 9.92. The monoisotopic (exact) mass is 475 g/mol. The molecule has 0 unspecified atom stereocenters. The van der Waals surface area contributed by atoms with Crippen LogP contribution in [-0.4, -0.2) is 50.1 Å². The Hall–Kier alpha value is -3.34. The molecule has 0 saturated carbocycles. The minimum absolute atomic E-state index is 0.0139. The maximum atomic E-state index is 12.3. The van der Waals surface area contributed by atoms with Gasteiger partial charge in [0.1, 0.15) is 5.76 Å². The first kappa shape index (κ1) is 24.3. The van der Waals surface area contributed by atoms with E-state index >= 15 is 0 Å². The largest absolute Gasteiger partial charge is 0.505 e. The number of phenolic OH excluding ortho intramolecular Hbond substituents is 1. The smallest absolute Gasteiger partial charge is 0.367 e. The number of phenols is 1. The number of anilines is 1. The highest BCUT2D eigenvalue weighted by Crippen LogP contribution is 2.30. The first-order chi connectivity index (χ1) is 15.4. The number of amides is 1. The van der Waals surface area contributed by atoms with E-state index in [1.807, 2.05) is 19.9 Å². The molecule has 2 heterocycles. The summed E-state index contributed by atoms with van der Waals surface area (Å²) in [6.07, 6.45) is 1.68. The molecule has 0 spiro atoms. The van der Waals surface area contributed by atoms with Crippen LogP contribution in [0.4, 0.5) is 5.69 Å². The SMILES string of the molecule is CC(C)c1coc([C@H](NC2=NS(=O)(=O)N=C2Nc2cccc(C(=O)N(C)C)c2O)C(C)C)c1. The zero-order chi connectivity index (χ0) is 24.5. The van der Waals surface area contributed by atoms with Crippen molar-refractivity contribution in [3.8, 4) is 5.75 Å². The number of hydrogen-bond donors (Lipinski definition) is 3. The van der Waals surface area contributed by atoms with E-state index < -0.39 is 16.1 Å².